The minimum Gasteiger partial charge on any atom is -0.343 e. The lowest BCUT2D eigenvalue weighted by Crippen LogP contribution is -2.38. The van der Waals surface area contributed by atoms with E-state index in [1.165, 1.54) is 0 Å². The van der Waals surface area contributed by atoms with Crippen LogP contribution in [0.1, 0.15) is 28.8 Å². The fourth-order valence-corrected chi connectivity index (χ4v) is 2.82. The molecule has 3 rings (SSSR count). The van der Waals surface area contributed by atoms with E-state index in [1.807, 2.05) is 18.2 Å². The van der Waals surface area contributed by atoms with Gasteiger partial charge in [0.1, 0.15) is 0 Å². The average molecular weight is 304 g/mol. The van der Waals surface area contributed by atoms with Crippen molar-refractivity contribution in [1.82, 2.24) is 4.81 Å². The van der Waals surface area contributed by atoms with Crippen molar-refractivity contribution in [2.75, 3.05) is 11.9 Å². The quantitative estimate of drug-likeness (QED) is 0.697. The van der Waals surface area contributed by atoms with Crippen LogP contribution in [-0.2, 0) is 4.79 Å². The first-order valence-electron chi connectivity index (χ1n) is 7.68. The number of benzene rings is 2. The predicted octanol–water partition coefficient (Wildman–Crippen LogP) is 2.40. The van der Waals surface area contributed by atoms with E-state index in [1.54, 1.807) is 41.2 Å². The highest BCUT2D eigenvalue weighted by Gasteiger charge is 2.28. The van der Waals surface area contributed by atoms with E-state index in [2.05, 4.69) is 5.32 Å². The van der Waals surface area contributed by atoms with E-state index in [9.17, 15) is 9.59 Å². The van der Waals surface area contributed by atoms with E-state index >= 15 is 0 Å². The van der Waals surface area contributed by atoms with Crippen LogP contribution in [0.5, 0.6) is 0 Å². The summed E-state index contributed by atoms with van der Waals surface area (Å²) in [5, 5.41) is 2.85. The van der Waals surface area contributed by atoms with Gasteiger partial charge >= 0.3 is 0 Å². The number of carbonyl (C=O) groups is 2. The highest BCUT2D eigenvalue weighted by atomic mass is 16.2. The van der Waals surface area contributed by atoms with Crippen molar-refractivity contribution >= 4 is 25.4 Å². The van der Waals surface area contributed by atoms with Gasteiger partial charge in [-0.3, -0.25) is 9.59 Å². The number of rotatable bonds is 4. The van der Waals surface area contributed by atoms with Gasteiger partial charge in [-0.1, -0.05) is 42.5 Å². The molecule has 23 heavy (non-hydrogen) atoms. The molecule has 5 heteroatoms. The lowest BCUT2D eigenvalue weighted by atomic mass is 10.0. The maximum absolute atomic E-state index is 12.6. The van der Waals surface area contributed by atoms with E-state index in [0.29, 0.717) is 23.4 Å². The Labute approximate surface area is 136 Å². The van der Waals surface area contributed by atoms with Gasteiger partial charge in [0.25, 0.3) is 0 Å². The van der Waals surface area contributed by atoms with Crippen molar-refractivity contribution in [2.45, 2.75) is 18.9 Å². The van der Waals surface area contributed by atoms with Crippen LogP contribution in [-0.4, -0.2) is 37.1 Å². The molecule has 0 bridgehead atoms. The molecule has 4 nitrogen and oxygen atoms in total. The Morgan fingerprint density at radius 2 is 1.74 bits per heavy atom. The van der Waals surface area contributed by atoms with Crippen LogP contribution in [0.3, 0.4) is 0 Å². The van der Waals surface area contributed by atoms with Crippen molar-refractivity contribution in [2.24, 2.45) is 0 Å². The second-order valence-electron chi connectivity index (χ2n) is 5.63. The molecule has 1 aliphatic rings. The van der Waals surface area contributed by atoms with Crippen LogP contribution in [0.2, 0.25) is 0 Å². The Kier molecular flexibility index (Phi) is 4.58. The topological polar surface area (TPSA) is 49.4 Å². The molecule has 1 aliphatic heterocycles. The monoisotopic (exact) mass is 304 g/mol. The number of nitrogens with one attached hydrogen (secondary N) is 1. The van der Waals surface area contributed by atoms with Crippen molar-refractivity contribution < 1.29 is 9.59 Å². The average Bonchev–Trinajstić information content (AvgIpc) is 3.02. The Bertz CT molecular complexity index is 718. The zero-order chi connectivity index (χ0) is 16.2. The summed E-state index contributed by atoms with van der Waals surface area (Å²) in [4.78, 5) is 26.6. The summed E-state index contributed by atoms with van der Waals surface area (Å²) in [6, 6.07) is 15.7. The zero-order valence-electron chi connectivity index (χ0n) is 12.7. The van der Waals surface area contributed by atoms with E-state index in [4.69, 9.17) is 7.98 Å². The van der Waals surface area contributed by atoms with Crippen LogP contribution in [0.25, 0.3) is 0 Å². The second kappa shape index (κ2) is 6.79. The molecule has 0 aromatic heterocycles. The summed E-state index contributed by atoms with van der Waals surface area (Å²) in [7, 11) is 5.83. The normalized spacial score (nSPS) is 17.8. The largest absolute Gasteiger partial charge is 0.343 e. The lowest BCUT2D eigenvalue weighted by Gasteiger charge is -2.20. The molecule has 1 heterocycles. The molecule has 2 aromatic rings. The van der Waals surface area contributed by atoms with Gasteiger partial charge in [-0.2, -0.15) is 0 Å². The molecular formula is C18H17BN2O2. The summed E-state index contributed by atoms with van der Waals surface area (Å²) >= 11 is 0. The van der Waals surface area contributed by atoms with Gasteiger partial charge < -0.3 is 10.1 Å². The lowest BCUT2D eigenvalue weighted by molar-refractivity contribution is -0.119. The standard InChI is InChI=1S/C18H17BN2O2/c19-21-12-6-11-16(21)18(23)20-15-10-5-4-9-14(15)17(22)13-7-2-1-3-8-13/h1-5,7-10,16H,6,11-12H2,(H,20,23). The number of hydrogen-bond acceptors (Lipinski definition) is 3. The van der Waals surface area contributed by atoms with Gasteiger partial charge in [0, 0.05) is 11.1 Å². The highest BCUT2D eigenvalue weighted by Crippen LogP contribution is 2.22. The SMILES string of the molecule is [B]N1CCCC1C(=O)Nc1ccccc1C(=O)c1ccccc1. The summed E-state index contributed by atoms with van der Waals surface area (Å²) < 4.78 is 0. The van der Waals surface area contributed by atoms with Crippen molar-refractivity contribution in [1.29, 1.82) is 0 Å². The molecule has 2 radical (unpaired) electrons. The number of carbonyl (C=O) groups excluding carboxylic acids is 2. The molecule has 114 valence electrons. The van der Waals surface area contributed by atoms with Gasteiger partial charge in [0.15, 0.2) is 13.8 Å². The van der Waals surface area contributed by atoms with Gasteiger partial charge in [-0.15, -0.1) is 0 Å². The zero-order valence-corrected chi connectivity index (χ0v) is 12.7. The number of ketones is 1. The smallest absolute Gasteiger partial charge is 0.240 e. The van der Waals surface area contributed by atoms with E-state index < -0.39 is 0 Å². The molecule has 0 saturated carbocycles. The summed E-state index contributed by atoms with van der Waals surface area (Å²) in [5.74, 6) is -0.282. The predicted molar refractivity (Wildman–Crippen MR) is 90.4 cm³/mol. The van der Waals surface area contributed by atoms with E-state index in [0.717, 1.165) is 12.8 Å². The number of nitrogens with zero attached hydrogens (tertiary/aromatic N) is 1. The van der Waals surface area contributed by atoms with Gasteiger partial charge in [-0.05, 0) is 31.5 Å². The molecule has 0 spiro atoms. The van der Waals surface area contributed by atoms with Crippen LogP contribution in [0, 0.1) is 0 Å². The molecule has 1 fully saturated rings. The molecular weight excluding hydrogens is 287 g/mol. The first-order valence-corrected chi connectivity index (χ1v) is 7.68. The molecule has 1 atom stereocenters. The van der Waals surface area contributed by atoms with Crippen LogP contribution >= 0.6 is 0 Å². The third-order valence-electron chi connectivity index (χ3n) is 4.06. The Hall–Kier alpha value is -2.40. The van der Waals surface area contributed by atoms with Crippen LogP contribution < -0.4 is 5.32 Å². The maximum atomic E-state index is 12.6. The minimum atomic E-state index is -0.338. The van der Waals surface area contributed by atoms with Crippen LogP contribution in [0.4, 0.5) is 5.69 Å². The molecule has 1 amide bonds. The Balaban J connectivity index is 1.84. The Morgan fingerprint density at radius 3 is 2.43 bits per heavy atom. The minimum absolute atomic E-state index is 0.113. The summed E-state index contributed by atoms with van der Waals surface area (Å²) in [6.07, 6.45) is 1.64. The van der Waals surface area contributed by atoms with Crippen LogP contribution in [0.15, 0.2) is 54.6 Å². The summed E-state index contributed by atoms with van der Waals surface area (Å²) in [6.45, 7) is 0.711. The Morgan fingerprint density at radius 1 is 1.04 bits per heavy atom. The van der Waals surface area contributed by atoms with Gasteiger partial charge in [-0.25, -0.2) is 0 Å². The molecule has 1 N–H and O–H groups in total. The third kappa shape index (κ3) is 3.35. The highest BCUT2D eigenvalue weighted by molar-refractivity contribution is 6.14. The van der Waals surface area contributed by atoms with Gasteiger partial charge in [0.2, 0.25) is 5.91 Å². The fourth-order valence-electron chi connectivity index (χ4n) is 2.82. The third-order valence-corrected chi connectivity index (χ3v) is 4.06. The van der Waals surface area contributed by atoms with Crippen molar-refractivity contribution in [3.63, 3.8) is 0 Å². The molecule has 1 saturated heterocycles. The first-order chi connectivity index (χ1) is 11.2. The summed E-state index contributed by atoms with van der Waals surface area (Å²) in [5.41, 5.74) is 1.59. The maximum Gasteiger partial charge on any atom is 0.240 e. The number of anilines is 1. The molecule has 1 unspecified atom stereocenters. The molecule has 2 aromatic carbocycles. The fraction of sp³-hybridized carbons (Fsp3) is 0.222. The second-order valence-corrected chi connectivity index (χ2v) is 5.63. The molecule has 0 aliphatic carbocycles. The number of hydrogen-bond donors (Lipinski definition) is 1. The number of para-hydroxylation sites is 1. The van der Waals surface area contributed by atoms with Crippen molar-refractivity contribution in [3.8, 4) is 0 Å². The van der Waals surface area contributed by atoms with E-state index in [-0.39, 0.29) is 17.7 Å². The van der Waals surface area contributed by atoms with Gasteiger partial charge in [0.05, 0.1) is 11.7 Å². The van der Waals surface area contributed by atoms with Crippen molar-refractivity contribution in [3.05, 3.63) is 65.7 Å². The first kappa shape index (κ1) is 15.5. The number of amides is 1.